The predicted molar refractivity (Wildman–Crippen MR) is 113 cm³/mol. The summed E-state index contributed by atoms with van der Waals surface area (Å²) in [6.45, 7) is 9.84. The molecule has 0 fully saturated rings. The lowest BCUT2D eigenvalue weighted by Crippen LogP contribution is -2.40. The molecule has 2 aromatic rings. The minimum atomic E-state index is 0.374. The minimum absolute atomic E-state index is 0.374. The molecule has 1 aromatic heterocycles. The highest BCUT2D eigenvalue weighted by Gasteiger charge is 2.07. The van der Waals surface area contributed by atoms with Crippen molar-refractivity contribution in [2.75, 3.05) is 19.7 Å². The van der Waals surface area contributed by atoms with Gasteiger partial charge < -0.3 is 19.9 Å². The maximum absolute atomic E-state index is 5.84. The Morgan fingerprint density at radius 2 is 2.00 bits per heavy atom. The van der Waals surface area contributed by atoms with E-state index in [-0.39, 0.29) is 0 Å². The number of hydrogen-bond donors (Lipinski definition) is 2. The number of nitrogens with one attached hydrogen (secondary N) is 2. The van der Waals surface area contributed by atoms with Crippen molar-refractivity contribution >= 4 is 5.96 Å². The zero-order valence-electron chi connectivity index (χ0n) is 17.6. The third-order valence-electron chi connectivity index (χ3n) is 4.52. The average Bonchev–Trinajstić information content (AvgIpc) is 3.02. The first-order valence-corrected chi connectivity index (χ1v) is 10.1. The molecule has 0 spiro atoms. The van der Waals surface area contributed by atoms with Crippen LogP contribution in [0.1, 0.15) is 43.9 Å². The zero-order valence-corrected chi connectivity index (χ0v) is 17.6. The molecule has 1 aromatic carbocycles. The number of guanidine groups is 1. The molecule has 0 aliphatic carbocycles. The molecule has 0 aliphatic rings. The van der Waals surface area contributed by atoms with Crippen LogP contribution < -0.4 is 10.6 Å². The summed E-state index contributed by atoms with van der Waals surface area (Å²) in [7, 11) is 1.96. The molecule has 0 amide bonds. The fourth-order valence-corrected chi connectivity index (χ4v) is 2.58. The summed E-state index contributed by atoms with van der Waals surface area (Å²) < 4.78 is 7.80. The molecule has 1 atom stereocenters. The van der Waals surface area contributed by atoms with E-state index in [0.717, 1.165) is 43.5 Å². The van der Waals surface area contributed by atoms with Crippen molar-refractivity contribution in [1.82, 2.24) is 25.4 Å². The molecule has 0 aliphatic heterocycles. The largest absolute Gasteiger partial charge is 0.376 e. The van der Waals surface area contributed by atoms with E-state index in [4.69, 9.17) is 4.74 Å². The molecule has 1 heterocycles. The second-order valence-corrected chi connectivity index (χ2v) is 7.15. The fraction of sp³-hybridized carbons (Fsp3) is 0.571. The second-order valence-electron chi connectivity index (χ2n) is 7.15. The van der Waals surface area contributed by atoms with Crippen molar-refractivity contribution in [3.63, 3.8) is 0 Å². The van der Waals surface area contributed by atoms with Crippen molar-refractivity contribution in [3.05, 3.63) is 47.5 Å². The van der Waals surface area contributed by atoms with Crippen molar-refractivity contribution < 1.29 is 4.74 Å². The summed E-state index contributed by atoms with van der Waals surface area (Å²) in [6.07, 6.45) is 2.26. The smallest absolute Gasteiger partial charge is 0.191 e. The third-order valence-corrected chi connectivity index (χ3v) is 4.52. The zero-order chi connectivity index (χ0) is 20.2. The molecule has 154 valence electrons. The van der Waals surface area contributed by atoms with Crippen LogP contribution in [0.2, 0.25) is 0 Å². The highest BCUT2D eigenvalue weighted by atomic mass is 16.5. The highest BCUT2D eigenvalue weighted by molar-refractivity contribution is 5.79. The Morgan fingerprint density at radius 3 is 2.68 bits per heavy atom. The molecule has 7 nitrogen and oxygen atoms in total. The van der Waals surface area contributed by atoms with Gasteiger partial charge in [0.15, 0.2) is 11.8 Å². The second kappa shape index (κ2) is 12.1. The number of rotatable bonds is 11. The van der Waals surface area contributed by atoms with Gasteiger partial charge in [-0.1, -0.05) is 50.6 Å². The lowest BCUT2D eigenvalue weighted by Gasteiger charge is -2.16. The quantitative estimate of drug-likeness (QED) is 0.353. The Hall–Kier alpha value is -2.41. The highest BCUT2D eigenvalue weighted by Crippen LogP contribution is 2.03. The van der Waals surface area contributed by atoms with E-state index in [0.29, 0.717) is 25.7 Å². The van der Waals surface area contributed by atoms with E-state index < -0.39 is 0 Å². The van der Waals surface area contributed by atoms with Gasteiger partial charge in [0.05, 0.1) is 13.2 Å². The van der Waals surface area contributed by atoms with Gasteiger partial charge in [0.25, 0.3) is 0 Å². The van der Waals surface area contributed by atoms with Crippen LogP contribution in [-0.4, -0.2) is 40.4 Å². The predicted octanol–water partition coefficient (Wildman–Crippen LogP) is 2.81. The summed E-state index contributed by atoms with van der Waals surface area (Å²) in [5.41, 5.74) is 1.20. The Bertz CT molecular complexity index is 713. The summed E-state index contributed by atoms with van der Waals surface area (Å²) >= 11 is 0. The van der Waals surface area contributed by atoms with Gasteiger partial charge >= 0.3 is 0 Å². The molecule has 0 saturated carbocycles. The van der Waals surface area contributed by atoms with Gasteiger partial charge in [-0.2, -0.15) is 0 Å². The number of ether oxygens (including phenoxy) is 1. The van der Waals surface area contributed by atoms with Crippen LogP contribution in [0.3, 0.4) is 0 Å². The lowest BCUT2D eigenvalue weighted by atomic mass is 10.2. The Kier molecular flexibility index (Phi) is 9.48. The van der Waals surface area contributed by atoms with Crippen LogP contribution >= 0.6 is 0 Å². The van der Waals surface area contributed by atoms with Gasteiger partial charge in [-0.3, -0.25) is 0 Å². The molecule has 2 N–H and O–H groups in total. The van der Waals surface area contributed by atoms with Gasteiger partial charge in [-0.25, -0.2) is 4.99 Å². The molecule has 0 bridgehead atoms. The summed E-state index contributed by atoms with van der Waals surface area (Å²) in [5.74, 6) is 2.93. The molecule has 7 heteroatoms. The van der Waals surface area contributed by atoms with E-state index in [1.807, 2.05) is 36.7 Å². The SMILES string of the molecule is CCCCNC(=NCc1nnc(C)n1C)NCC(C)COCc1ccccc1. The number of aliphatic imine (C=N–C) groups is 1. The van der Waals surface area contributed by atoms with E-state index >= 15 is 0 Å². The summed E-state index contributed by atoms with van der Waals surface area (Å²) in [4.78, 5) is 4.67. The van der Waals surface area contributed by atoms with E-state index in [9.17, 15) is 0 Å². The van der Waals surface area contributed by atoms with Gasteiger partial charge in [-0.15, -0.1) is 10.2 Å². The molecule has 0 radical (unpaired) electrons. The van der Waals surface area contributed by atoms with Gasteiger partial charge in [-0.05, 0) is 24.8 Å². The van der Waals surface area contributed by atoms with Crippen molar-refractivity contribution in [1.29, 1.82) is 0 Å². The van der Waals surface area contributed by atoms with Crippen LogP contribution in [-0.2, 0) is 24.9 Å². The number of hydrogen-bond acceptors (Lipinski definition) is 4. The van der Waals surface area contributed by atoms with Crippen LogP contribution in [0.25, 0.3) is 0 Å². The van der Waals surface area contributed by atoms with Gasteiger partial charge in [0, 0.05) is 20.1 Å². The number of aromatic nitrogens is 3. The van der Waals surface area contributed by atoms with E-state index in [1.165, 1.54) is 5.56 Å². The third kappa shape index (κ3) is 7.68. The Balaban J connectivity index is 1.79. The normalized spacial score (nSPS) is 12.8. The molecule has 1 unspecified atom stereocenters. The number of benzene rings is 1. The van der Waals surface area contributed by atoms with Crippen LogP contribution in [0.5, 0.6) is 0 Å². The molecular formula is C21H34N6O. The molecule has 2 rings (SSSR count). The maximum Gasteiger partial charge on any atom is 0.191 e. The average molecular weight is 387 g/mol. The fourth-order valence-electron chi connectivity index (χ4n) is 2.58. The minimum Gasteiger partial charge on any atom is -0.376 e. The Labute approximate surface area is 168 Å². The van der Waals surface area contributed by atoms with E-state index in [2.05, 4.69) is 51.8 Å². The monoisotopic (exact) mass is 386 g/mol. The first kappa shape index (κ1) is 21.9. The van der Waals surface area contributed by atoms with Gasteiger partial charge in [0.1, 0.15) is 12.4 Å². The molecular weight excluding hydrogens is 352 g/mol. The first-order chi connectivity index (χ1) is 13.6. The van der Waals surface area contributed by atoms with Crippen molar-refractivity contribution in [3.8, 4) is 0 Å². The van der Waals surface area contributed by atoms with Crippen molar-refractivity contribution in [2.45, 2.75) is 46.8 Å². The van der Waals surface area contributed by atoms with Crippen molar-refractivity contribution in [2.24, 2.45) is 18.0 Å². The number of unbranched alkanes of at least 4 members (excludes halogenated alkanes) is 1. The van der Waals surface area contributed by atoms with E-state index in [1.54, 1.807) is 0 Å². The summed E-state index contributed by atoms with van der Waals surface area (Å²) in [5, 5.41) is 15.1. The Morgan fingerprint density at radius 1 is 1.21 bits per heavy atom. The van der Waals surface area contributed by atoms with Gasteiger partial charge in [0.2, 0.25) is 0 Å². The van der Waals surface area contributed by atoms with Crippen LogP contribution in [0.15, 0.2) is 35.3 Å². The molecule has 0 saturated heterocycles. The van der Waals surface area contributed by atoms with Crippen LogP contribution in [0.4, 0.5) is 0 Å². The number of nitrogens with zero attached hydrogens (tertiary/aromatic N) is 4. The molecule has 28 heavy (non-hydrogen) atoms. The maximum atomic E-state index is 5.84. The first-order valence-electron chi connectivity index (χ1n) is 10.1. The number of aryl methyl sites for hydroxylation is 1. The summed E-state index contributed by atoms with van der Waals surface area (Å²) in [6, 6.07) is 10.3. The topological polar surface area (TPSA) is 76.4 Å². The standard InChI is InChI=1S/C21H34N6O/c1-5-6-12-22-21(24-14-20-26-25-18(3)27(20)4)23-13-17(2)15-28-16-19-10-8-7-9-11-19/h7-11,17H,5-6,12-16H2,1-4H3,(H2,22,23,24). The van der Waals surface area contributed by atoms with Crippen LogP contribution in [0, 0.1) is 12.8 Å². The lowest BCUT2D eigenvalue weighted by molar-refractivity contribution is 0.0931.